The SMILES string of the molecule is Cc1c(OC(=O)N(CC(=O)O)c2ccccc2)ccc2[nH]c(CCc3ccc(C(=N)N)cc3)nc12. The fourth-order valence-corrected chi connectivity index (χ4v) is 3.74. The van der Waals surface area contributed by atoms with Gasteiger partial charge < -0.3 is 20.6 Å². The van der Waals surface area contributed by atoms with Crippen molar-refractivity contribution < 1.29 is 19.4 Å². The first-order valence-electron chi connectivity index (χ1n) is 11.0. The van der Waals surface area contributed by atoms with Crippen LogP contribution in [0, 0.1) is 12.3 Å². The second-order valence-electron chi connectivity index (χ2n) is 8.06. The van der Waals surface area contributed by atoms with E-state index in [9.17, 15) is 14.7 Å². The summed E-state index contributed by atoms with van der Waals surface area (Å²) in [6.45, 7) is 1.28. The number of benzene rings is 3. The quantitative estimate of drug-likeness (QED) is 0.225. The molecule has 0 aliphatic heterocycles. The van der Waals surface area contributed by atoms with Crippen LogP contribution in [0.3, 0.4) is 0 Å². The van der Waals surface area contributed by atoms with Gasteiger partial charge in [-0.25, -0.2) is 9.78 Å². The Bertz CT molecular complexity index is 1380. The van der Waals surface area contributed by atoms with Gasteiger partial charge in [-0.15, -0.1) is 0 Å². The van der Waals surface area contributed by atoms with Crippen molar-refractivity contribution in [2.75, 3.05) is 11.4 Å². The standard InChI is InChI=1S/C26H25N5O4/c1-16-21(35-26(34)31(15-23(32)33)19-5-3-2-4-6-19)13-12-20-24(16)30-22(29-20)14-9-17-7-10-18(11-8-17)25(27)28/h2-8,10-13H,9,14-15H2,1H3,(H3,27,28)(H,29,30)(H,32,33). The summed E-state index contributed by atoms with van der Waals surface area (Å²) in [4.78, 5) is 33.2. The molecule has 0 radical (unpaired) electrons. The number of carboxylic acid groups (broad SMARTS) is 1. The van der Waals surface area contributed by atoms with E-state index in [1.54, 1.807) is 49.4 Å². The van der Waals surface area contributed by atoms with Crippen LogP contribution in [0.4, 0.5) is 10.5 Å². The van der Waals surface area contributed by atoms with E-state index in [4.69, 9.17) is 15.9 Å². The molecular weight excluding hydrogens is 446 g/mol. The van der Waals surface area contributed by atoms with Crippen molar-refractivity contribution in [2.24, 2.45) is 5.73 Å². The number of fused-ring (bicyclic) bond motifs is 1. The number of nitrogen functional groups attached to an aromatic ring is 1. The summed E-state index contributed by atoms with van der Waals surface area (Å²) in [6.07, 6.45) is 0.634. The Morgan fingerprint density at radius 3 is 2.43 bits per heavy atom. The molecule has 0 aliphatic rings. The Morgan fingerprint density at radius 2 is 1.77 bits per heavy atom. The molecule has 0 spiro atoms. The van der Waals surface area contributed by atoms with E-state index in [0.717, 1.165) is 28.2 Å². The number of ether oxygens (including phenoxy) is 1. The third-order valence-corrected chi connectivity index (χ3v) is 5.60. The van der Waals surface area contributed by atoms with Gasteiger partial charge in [-0.05, 0) is 43.2 Å². The Labute approximate surface area is 201 Å². The van der Waals surface area contributed by atoms with Crippen molar-refractivity contribution in [2.45, 2.75) is 19.8 Å². The Balaban J connectivity index is 1.50. The number of carbonyl (C=O) groups is 2. The minimum Gasteiger partial charge on any atom is -0.480 e. The summed E-state index contributed by atoms with van der Waals surface area (Å²) in [5, 5.41) is 16.7. The zero-order chi connectivity index (χ0) is 24.9. The largest absolute Gasteiger partial charge is 0.480 e. The molecule has 5 N–H and O–H groups in total. The number of carboxylic acids is 1. The second kappa shape index (κ2) is 10.1. The summed E-state index contributed by atoms with van der Waals surface area (Å²) in [5.74, 6) is -0.00720. The zero-order valence-electron chi connectivity index (χ0n) is 19.1. The first-order valence-corrected chi connectivity index (χ1v) is 11.0. The number of nitrogens with zero attached hydrogens (tertiary/aromatic N) is 2. The highest BCUT2D eigenvalue weighted by Gasteiger charge is 2.22. The number of anilines is 1. The average molecular weight is 472 g/mol. The molecule has 0 fully saturated rings. The van der Waals surface area contributed by atoms with Crippen LogP contribution in [0.2, 0.25) is 0 Å². The second-order valence-corrected chi connectivity index (χ2v) is 8.06. The minimum absolute atomic E-state index is 0.0377. The molecular formula is C26H25N5O4. The van der Waals surface area contributed by atoms with E-state index in [1.165, 1.54) is 0 Å². The number of para-hydroxylation sites is 1. The van der Waals surface area contributed by atoms with Gasteiger partial charge in [0.2, 0.25) is 0 Å². The lowest BCUT2D eigenvalue weighted by Crippen LogP contribution is -2.37. The lowest BCUT2D eigenvalue weighted by atomic mass is 10.1. The number of aliphatic carboxylic acids is 1. The Hall–Kier alpha value is -4.66. The molecule has 3 aromatic carbocycles. The van der Waals surface area contributed by atoms with Crippen molar-refractivity contribution in [3.63, 3.8) is 0 Å². The van der Waals surface area contributed by atoms with Gasteiger partial charge in [0.1, 0.15) is 24.0 Å². The van der Waals surface area contributed by atoms with Crippen LogP contribution in [0.25, 0.3) is 11.0 Å². The van der Waals surface area contributed by atoms with Gasteiger partial charge in [-0.2, -0.15) is 0 Å². The van der Waals surface area contributed by atoms with Gasteiger partial charge >= 0.3 is 12.1 Å². The molecule has 0 saturated heterocycles. The number of nitrogens with two attached hydrogens (primary N) is 1. The number of aromatic nitrogens is 2. The van der Waals surface area contributed by atoms with E-state index < -0.39 is 18.6 Å². The molecule has 35 heavy (non-hydrogen) atoms. The third kappa shape index (κ3) is 5.47. The van der Waals surface area contributed by atoms with Crippen molar-refractivity contribution in [1.29, 1.82) is 5.41 Å². The predicted octanol–water partition coefficient (Wildman–Crippen LogP) is 4.03. The van der Waals surface area contributed by atoms with Crippen LogP contribution in [0.1, 0.15) is 22.5 Å². The molecule has 1 aromatic heterocycles. The summed E-state index contributed by atoms with van der Waals surface area (Å²) >= 11 is 0. The zero-order valence-corrected chi connectivity index (χ0v) is 19.1. The van der Waals surface area contributed by atoms with Crippen LogP contribution in [0.5, 0.6) is 5.75 Å². The fraction of sp³-hybridized carbons (Fsp3) is 0.154. The smallest absolute Gasteiger partial charge is 0.420 e. The molecule has 9 heteroatoms. The predicted molar refractivity (Wildman–Crippen MR) is 133 cm³/mol. The number of aryl methyl sites for hydroxylation is 3. The molecule has 0 aliphatic carbocycles. The summed E-state index contributed by atoms with van der Waals surface area (Å²) in [5.41, 5.74) is 9.88. The lowest BCUT2D eigenvalue weighted by molar-refractivity contribution is -0.135. The molecule has 4 aromatic rings. The summed E-state index contributed by atoms with van der Waals surface area (Å²) in [7, 11) is 0. The van der Waals surface area contributed by atoms with Crippen molar-refractivity contribution in [3.8, 4) is 5.75 Å². The highest BCUT2D eigenvalue weighted by Crippen LogP contribution is 2.27. The number of amidine groups is 1. The number of rotatable bonds is 8. The molecule has 178 valence electrons. The van der Waals surface area contributed by atoms with Gasteiger partial charge in [-0.1, -0.05) is 42.5 Å². The van der Waals surface area contributed by atoms with E-state index in [0.29, 0.717) is 34.5 Å². The van der Waals surface area contributed by atoms with Crippen LogP contribution in [-0.2, 0) is 17.6 Å². The molecule has 9 nitrogen and oxygen atoms in total. The van der Waals surface area contributed by atoms with Gasteiger partial charge in [0.15, 0.2) is 0 Å². The first-order chi connectivity index (χ1) is 16.8. The number of amides is 1. The maximum Gasteiger partial charge on any atom is 0.420 e. The monoisotopic (exact) mass is 471 g/mol. The molecule has 1 amide bonds. The Kier molecular flexibility index (Phi) is 6.77. The lowest BCUT2D eigenvalue weighted by Gasteiger charge is -2.20. The molecule has 0 atom stereocenters. The van der Waals surface area contributed by atoms with Gasteiger partial charge in [0, 0.05) is 23.2 Å². The Morgan fingerprint density at radius 1 is 1.06 bits per heavy atom. The average Bonchev–Trinajstić information content (AvgIpc) is 3.27. The fourth-order valence-electron chi connectivity index (χ4n) is 3.74. The number of aromatic amines is 1. The first kappa shape index (κ1) is 23.5. The molecule has 0 bridgehead atoms. The maximum absolute atomic E-state index is 12.9. The van der Waals surface area contributed by atoms with E-state index in [2.05, 4.69) is 9.97 Å². The maximum atomic E-state index is 12.9. The number of carbonyl (C=O) groups excluding carboxylic acids is 1. The van der Waals surface area contributed by atoms with E-state index in [-0.39, 0.29) is 5.84 Å². The number of nitrogens with one attached hydrogen (secondary N) is 2. The minimum atomic E-state index is -1.15. The van der Waals surface area contributed by atoms with Gasteiger partial charge in [-0.3, -0.25) is 15.1 Å². The van der Waals surface area contributed by atoms with Crippen LogP contribution >= 0.6 is 0 Å². The van der Waals surface area contributed by atoms with Crippen LogP contribution < -0.4 is 15.4 Å². The number of H-pyrrole nitrogens is 1. The number of imidazole rings is 1. The van der Waals surface area contributed by atoms with Crippen molar-refractivity contribution >= 4 is 34.6 Å². The molecule has 4 rings (SSSR count). The molecule has 0 unspecified atom stereocenters. The van der Waals surface area contributed by atoms with Crippen LogP contribution in [0.15, 0.2) is 66.7 Å². The highest BCUT2D eigenvalue weighted by atomic mass is 16.6. The number of hydrogen-bond acceptors (Lipinski definition) is 5. The van der Waals surface area contributed by atoms with Crippen LogP contribution in [-0.4, -0.2) is 39.5 Å². The van der Waals surface area contributed by atoms with E-state index >= 15 is 0 Å². The van der Waals surface area contributed by atoms with Gasteiger partial charge in [0.25, 0.3) is 0 Å². The van der Waals surface area contributed by atoms with Crippen molar-refractivity contribution in [1.82, 2.24) is 9.97 Å². The molecule has 1 heterocycles. The highest BCUT2D eigenvalue weighted by molar-refractivity contribution is 5.95. The van der Waals surface area contributed by atoms with Crippen molar-refractivity contribution in [3.05, 3.63) is 89.2 Å². The third-order valence-electron chi connectivity index (χ3n) is 5.60. The van der Waals surface area contributed by atoms with Gasteiger partial charge in [0.05, 0.1) is 11.0 Å². The van der Waals surface area contributed by atoms with E-state index in [1.807, 2.05) is 24.3 Å². The number of hydrogen-bond donors (Lipinski definition) is 4. The molecule has 0 saturated carbocycles. The summed E-state index contributed by atoms with van der Waals surface area (Å²) < 4.78 is 5.58. The summed E-state index contributed by atoms with van der Waals surface area (Å²) in [6, 6.07) is 19.5. The normalized spacial score (nSPS) is 10.8. The topological polar surface area (TPSA) is 145 Å².